The maximum Gasteiger partial charge on any atom is 0.343 e. The molecule has 2 aromatic rings. The molecule has 1 heterocycles. The van der Waals surface area contributed by atoms with Gasteiger partial charge in [-0.05, 0) is 42.7 Å². The van der Waals surface area contributed by atoms with E-state index in [0.717, 1.165) is 0 Å². The predicted octanol–water partition coefficient (Wildman–Crippen LogP) is 3.38. The van der Waals surface area contributed by atoms with E-state index in [1.807, 2.05) is 0 Å². The van der Waals surface area contributed by atoms with Crippen LogP contribution in [0.15, 0.2) is 24.3 Å². The molecule has 0 atom stereocenters. The Morgan fingerprint density at radius 2 is 2.05 bits per heavy atom. The van der Waals surface area contributed by atoms with Gasteiger partial charge in [-0.2, -0.15) is 4.37 Å². The first-order valence-electron chi connectivity index (χ1n) is 6.31. The second kappa shape index (κ2) is 7.28. The number of rotatable bonds is 6. The molecule has 1 aromatic heterocycles. The molecule has 0 radical (unpaired) electrons. The highest BCUT2D eigenvalue weighted by atomic mass is 35.5. The first kappa shape index (κ1) is 15.6. The number of ether oxygens (including phenoxy) is 2. The van der Waals surface area contributed by atoms with Crippen LogP contribution in [0.25, 0.3) is 0 Å². The van der Waals surface area contributed by atoms with Crippen molar-refractivity contribution in [3.63, 3.8) is 0 Å². The Hall–Kier alpha value is -1.79. The number of anilines is 1. The topological polar surface area (TPSA) is 60.5 Å². The number of carbonyl (C=O) groups excluding carboxylic acids is 1. The van der Waals surface area contributed by atoms with Crippen molar-refractivity contribution in [2.24, 2.45) is 0 Å². The molecule has 0 unspecified atom stereocenters. The van der Waals surface area contributed by atoms with Gasteiger partial charge in [0.15, 0.2) is 0 Å². The number of hydrogen-bond donors (Lipinski definition) is 1. The van der Waals surface area contributed by atoms with Crippen LogP contribution in [0.5, 0.6) is 5.75 Å². The minimum Gasteiger partial charge on any atom is -0.490 e. The summed E-state index contributed by atoms with van der Waals surface area (Å²) in [6, 6.07) is 7.00. The number of aryl methyl sites for hydroxylation is 1. The maximum atomic E-state index is 12.0. The lowest BCUT2D eigenvalue weighted by Gasteiger charge is -2.08. The van der Waals surface area contributed by atoms with Crippen LogP contribution in [0.2, 0.25) is 5.02 Å². The van der Waals surface area contributed by atoms with Crippen molar-refractivity contribution >= 4 is 34.1 Å². The van der Waals surface area contributed by atoms with Crippen molar-refractivity contribution in [1.29, 1.82) is 0 Å². The van der Waals surface area contributed by atoms with E-state index in [1.54, 1.807) is 38.2 Å². The molecular formula is C14H15ClN2O3S. The van der Waals surface area contributed by atoms with Crippen LogP contribution in [0.1, 0.15) is 16.1 Å². The zero-order chi connectivity index (χ0) is 15.2. The Kier molecular flexibility index (Phi) is 5.41. The fourth-order valence-electron chi connectivity index (χ4n) is 1.68. The van der Waals surface area contributed by atoms with Gasteiger partial charge in [0.1, 0.15) is 29.5 Å². The number of halogens is 1. The van der Waals surface area contributed by atoms with Crippen molar-refractivity contribution in [3.8, 4) is 5.75 Å². The van der Waals surface area contributed by atoms with Gasteiger partial charge in [0.2, 0.25) is 0 Å². The van der Waals surface area contributed by atoms with Crippen LogP contribution >= 0.6 is 23.1 Å². The molecule has 0 saturated carbocycles. The number of nitrogens with zero attached hydrogens (tertiary/aromatic N) is 1. The fourth-order valence-corrected chi connectivity index (χ4v) is 2.54. The van der Waals surface area contributed by atoms with Crippen LogP contribution in [-0.2, 0) is 4.74 Å². The molecule has 0 spiro atoms. The highest BCUT2D eigenvalue weighted by Gasteiger charge is 2.18. The Balaban J connectivity index is 1.82. The van der Waals surface area contributed by atoms with E-state index in [0.29, 0.717) is 27.0 Å². The Morgan fingerprint density at radius 3 is 2.71 bits per heavy atom. The summed E-state index contributed by atoms with van der Waals surface area (Å²) < 4.78 is 14.8. The standard InChI is InChI=1S/C14H15ClN2O3S/c1-9-12(13(16-2)21-17-9)14(18)20-8-7-19-11-5-3-10(15)4-6-11/h3-6,16H,7-8H2,1-2H3. The SMILES string of the molecule is CNc1snc(C)c1C(=O)OCCOc1ccc(Cl)cc1. The molecule has 7 heteroatoms. The third-order valence-corrected chi connectivity index (χ3v) is 3.90. The molecule has 21 heavy (non-hydrogen) atoms. The van der Waals surface area contributed by atoms with Gasteiger partial charge in [0.25, 0.3) is 0 Å². The first-order valence-corrected chi connectivity index (χ1v) is 7.46. The summed E-state index contributed by atoms with van der Waals surface area (Å²) in [6.07, 6.45) is 0. The summed E-state index contributed by atoms with van der Waals surface area (Å²) in [4.78, 5) is 12.0. The molecule has 0 amide bonds. The molecule has 2 rings (SSSR count). The monoisotopic (exact) mass is 326 g/mol. The van der Waals surface area contributed by atoms with Crippen molar-refractivity contribution < 1.29 is 14.3 Å². The van der Waals surface area contributed by atoms with Crippen LogP contribution in [0, 0.1) is 6.92 Å². The van der Waals surface area contributed by atoms with Crippen molar-refractivity contribution in [3.05, 3.63) is 40.5 Å². The van der Waals surface area contributed by atoms with Gasteiger partial charge in [-0.15, -0.1) is 0 Å². The van der Waals surface area contributed by atoms with E-state index in [9.17, 15) is 4.79 Å². The zero-order valence-corrected chi connectivity index (χ0v) is 13.3. The molecule has 0 fully saturated rings. The van der Waals surface area contributed by atoms with Gasteiger partial charge in [-0.25, -0.2) is 4.79 Å². The molecule has 1 aromatic carbocycles. The molecule has 0 aliphatic heterocycles. The molecule has 0 saturated heterocycles. The van der Waals surface area contributed by atoms with Crippen LogP contribution in [-0.4, -0.2) is 30.6 Å². The summed E-state index contributed by atoms with van der Waals surface area (Å²) in [5, 5.41) is 4.28. The van der Waals surface area contributed by atoms with Gasteiger partial charge in [-0.3, -0.25) is 0 Å². The molecule has 112 valence electrons. The largest absolute Gasteiger partial charge is 0.490 e. The van der Waals surface area contributed by atoms with Crippen molar-refractivity contribution in [1.82, 2.24) is 4.37 Å². The van der Waals surface area contributed by atoms with Crippen LogP contribution in [0.3, 0.4) is 0 Å². The van der Waals surface area contributed by atoms with Gasteiger partial charge in [0, 0.05) is 12.1 Å². The summed E-state index contributed by atoms with van der Waals surface area (Å²) in [5.41, 5.74) is 1.14. The highest BCUT2D eigenvalue weighted by molar-refractivity contribution is 7.10. The summed E-state index contributed by atoms with van der Waals surface area (Å²) in [6.45, 7) is 2.22. The quantitative estimate of drug-likeness (QED) is 0.651. The summed E-state index contributed by atoms with van der Waals surface area (Å²) >= 11 is 7.02. The minimum absolute atomic E-state index is 0.167. The van der Waals surface area contributed by atoms with E-state index in [4.69, 9.17) is 21.1 Å². The molecule has 0 aliphatic rings. The van der Waals surface area contributed by atoms with E-state index < -0.39 is 5.97 Å². The van der Waals surface area contributed by atoms with Gasteiger partial charge in [-0.1, -0.05) is 11.6 Å². The molecule has 0 bridgehead atoms. The number of benzene rings is 1. The highest BCUT2D eigenvalue weighted by Crippen LogP contribution is 2.24. The smallest absolute Gasteiger partial charge is 0.343 e. The van der Waals surface area contributed by atoms with E-state index in [1.165, 1.54) is 11.5 Å². The molecule has 0 aliphatic carbocycles. The number of nitrogens with one attached hydrogen (secondary N) is 1. The Morgan fingerprint density at radius 1 is 1.33 bits per heavy atom. The predicted molar refractivity (Wildman–Crippen MR) is 83.6 cm³/mol. The summed E-state index contributed by atoms with van der Waals surface area (Å²) in [7, 11) is 1.74. The minimum atomic E-state index is -0.398. The van der Waals surface area contributed by atoms with Gasteiger partial charge in [0.05, 0.1) is 5.69 Å². The lowest BCUT2D eigenvalue weighted by Crippen LogP contribution is -2.13. The number of carbonyl (C=O) groups is 1. The lowest BCUT2D eigenvalue weighted by atomic mass is 10.2. The average Bonchev–Trinajstić information content (AvgIpc) is 2.86. The van der Waals surface area contributed by atoms with Gasteiger partial charge < -0.3 is 14.8 Å². The average molecular weight is 327 g/mol. The van der Waals surface area contributed by atoms with E-state index in [2.05, 4.69) is 9.69 Å². The summed E-state index contributed by atoms with van der Waals surface area (Å²) in [5.74, 6) is 0.282. The van der Waals surface area contributed by atoms with Crippen molar-refractivity contribution in [2.45, 2.75) is 6.92 Å². The van der Waals surface area contributed by atoms with Gasteiger partial charge >= 0.3 is 5.97 Å². The normalized spacial score (nSPS) is 10.2. The van der Waals surface area contributed by atoms with Crippen molar-refractivity contribution in [2.75, 3.05) is 25.6 Å². The maximum absolute atomic E-state index is 12.0. The fraction of sp³-hybridized carbons (Fsp3) is 0.286. The van der Waals surface area contributed by atoms with Crippen LogP contribution < -0.4 is 10.1 Å². The number of hydrogen-bond acceptors (Lipinski definition) is 6. The third kappa shape index (κ3) is 4.09. The molecule has 5 nitrogen and oxygen atoms in total. The zero-order valence-electron chi connectivity index (χ0n) is 11.7. The van der Waals surface area contributed by atoms with E-state index >= 15 is 0 Å². The number of aromatic nitrogens is 1. The Labute approximate surface area is 132 Å². The van der Waals surface area contributed by atoms with Crippen LogP contribution in [0.4, 0.5) is 5.00 Å². The molecule has 1 N–H and O–H groups in total. The number of esters is 1. The third-order valence-electron chi connectivity index (χ3n) is 2.69. The van der Waals surface area contributed by atoms with E-state index in [-0.39, 0.29) is 13.2 Å². The second-order valence-electron chi connectivity index (χ2n) is 4.16. The Bertz CT molecular complexity index is 613. The second-order valence-corrected chi connectivity index (χ2v) is 5.37. The lowest BCUT2D eigenvalue weighted by molar-refractivity contribution is 0.0451. The molecular weight excluding hydrogens is 312 g/mol. The first-order chi connectivity index (χ1) is 10.1.